The van der Waals surface area contributed by atoms with E-state index in [4.69, 9.17) is 9.84 Å². The molecule has 0 saturated carbocycles. The molecule has 8 heteroatoms. The van der Waals surface area contributed by atoms with E-state index in [0.29, 0.717) is 0 Å². The van der Waals surface area contributed by atoms with Crippen molar-refractivity contribution >= 4 is 17.6 Å². The molecule has 2 aromatic carbocycles. The van der Waals surface area contributed by atoms with Crippen LogP contribution in [-0.2, 0) is 4.74 Å². The van der Waals surface area contributed by atoms with Crippen LogP contribution >= 0.6 is 0 Å². The van der Waals surface area contributed by atoms with E-state index in [1.165, 1.54) is 36.4 Å². The summed E-state index contributed by atoms with van der Waals surface area (Å²) in [6, 6.07) is 9.00. The molecular formula is C15H11NO7. The molecule has 0 radical (unpaired) electrons. The molecule has 0 aliphatic carbocycles. The Kier molecular flexibility index (Phi) is 4.55. The van der Waals surface area contributed by atoms with Crippen LogP contribution in [0.3, 0.4) is 0 Å². The summed E-state index contributed by atoms with van der Waals surface area (Å²) in [5, 5.41) is 19.6. The van der Waals surface area contributed by atoms with Crippen molar-refractivity contribution in [1.29, 1.82) is 0 Å². The summed E-state index contributed by atoms with van der Waals surface area (Å²) in [5.41, 5.74) is -0.308. The second-order valence-corrected chi connectivity index (χ2v) is 4.36. The number of nitro benzene ring substituents is 1. The van der Waals surface area contributed by atoms with Crippen molar-refractivity contribution < 1.29 is 29.1 Å². The molecule has 0 aromatic heterocycles. The molecule has 118 valence electrons. The molecule has 0 saturated heterocycles. The fraction of sp³-hybridized carbons (Fsp3) is 0.0667. The molecule has 0 spiro atoms. The van der Waals surface area contributed by atoms with Gasteiger partial charge in [-0.25, -0.2) is 9.59 Å². The van der Waals surface area contributed by atoms with Crippen LogP contribution in [0.2, 0.25) is 0 Å². The molecule has 0 aliphatic heterocycles. The quantitative estimate of drug-likeness (QED) is 0.512. The number of carbonyl (C=O) groups is 2. The highest BCUT2D eigenvalue weighted by atomic mass is 16.6. The Morgan fingerprint density at radius 1 is 1.13 bits per heavy atom. The maximum atomic E-state index is 11.7. The molecule has 0 heterocycles. The highest BCUT2D eigenvalue weighted by Crippen LogP contribution is 2.29. The van der Waals surface area contributed by atoms with Gasteiger partial charge in [-0.2, -0.15) is 0 Å². The summed E-state index contributed by atoms with van der Waals surface area (Å²) in [6.07, 6.45) is 0. The summed E-state index contributed by atoms with van der Waals surface area (Å²) < 4.78 is 10.1. The molecule has 0 unspecified atom stereocenters. The van der Waals surface area contributed by atoms with Crippen molar-refractivity contribution in [1.82, 2.24) is 0 Å². The number of nitro groups is 1. The number of esters is 1. The maximum Gasteiger partial charge on any atom is 0.341 e. The minimum atomic E-state index is -1.08. The van der Waals surface area contributed by atoms with Gasteiger partial charge in [-0.1, -0.05) is 0 Å². The van der Waals surface area contributed by atoms with Crippen LogP contribution in [-0.4, -0.2) is 29.1 Å². The Hall–Kier alpha value is -3.42. The Morgan fingerprint density at radius 2 is 1.78 bits per heavy atom. The minimum absolute atomic E-state index is 0.0607. The first-order chi connectivity index (χ1) is 10.9. The minimum Gasteiger partial charge on any atom is -0.478 e. The Bertz CT molecular complexity index is 768. The number of nitrogens with zero attached hydrogens (tertiary/aromatic N) is 1. The average Bonchev–Trinajstić information content (AvgIpc) is 2.54. The van der Waals surface area contributed by atoms with Crippen LogP contribution < -0.4 is 4.74 Å². The number of carboxylic acids is 1. The first-order valence-electron chi connectivity index (χ1n) is 6.30. The van der Waals surface area contributed by atoms with Crippen LogP contribution in [0, 0.1) is 10.1 Å². The number of aromatic carboxylic acids is 1. The molecule has 0 amide bonds. The van der Waals surface area contributed by atoms with Crippen molar-refractivity contribution in [2.75, 3.05) is 7.11 Å². The van der Waals surface area contributed by atoms with E-state index in [9.17, 15) is 19.7 Å². The van der Waals surface area contributed by atoms with Crippen molar-refractivity contribution in [2.45, 2.75) is 0 Å². The number of hydrogen-bond acceptors (Lipinski definition) is 6. The Labute approximate surface area is 130 Å². The van der Waals surface area contributed by atoms with Gasteiger partial charge < -0.3 is 14.6 Å². The normalized spacial score (nSPS) is 9.96. The number of hydrogen-bond donors (Lipinski definition) is 1. The number of ether oxygens (including phenoxy) is 2. The topological polar surface area (TPSA) is 116 Å². The third-order valence-electron chi connectivity index (χ3n) is 2.91. The van der Waals surface area contributed by atoms with Gasteiger partial charge in [0.25, 0.3) is 5.69 Å². The van der Waals surface area contributed by atoms with Gasteiger partial charge in [-0.05, 0) is 30.3 Å². The van der Waals surface area contributed by atoms with E-state index >= 15 is 0 Å². The van der Waals surface area contributed by atoms with Gasteiger partial charge in [-0.3, -0.25) is 10.1 Å². The first kappa shape index (κ1) is 16.0. The lowest BCUT2D eigenvalue weighted by Crippen LogP contribution is -2.05. The predicted octanol–water partition coefficient (Wildman–Crippen LogP) is 2.87. The van der Waals surface area contributed by atoms with Crippen LogP contribution in [0.1, 0.15) is 20.7 Å². The fourth-order valence-electron chi connectivity index (χ4n) is 1.78. The summed E-state index contributed by atoms with van der Waals surface area (Å²) in [5.74, 6) is -1.53. The van der Waals surface area contributed by atoms with E-state index in [2.05, 4.69) is 4.74 Å². The van der Waals surface area contributed by atoms with Gasteiger partial charge in [-0.15, -0.1) is 0 Å². The average molecular weight is 317 g/mol. The van der Waals surface area contributed by atoms with Gasteiger partial charge in [0.1, 0.15) is 17.1 Å². The number of rotatable bonds is 5. The highest BCUT2D eigenvalue weighted by molar-refractivity contribution is 5.93. The van der Waals surface area contributed by atoms with Crippen molar-refractivity contribution in [3.63, 3.8) is 0 Å². The maximum absolute atomic E-state index is 11.7. The first-order valence-corrected chi connectivity index (χ1v) is 6.30. The number of non-ortho nitro benzene ring substituents is 1. The third kappa shape index (κ3) is 3.62. The fourth-order valence-corrected chi connectivity index (χ4v) is 1.78. The van der Waals surface area contributed by atoms with Gasteiger partial charge in [0.05, 0.1) is 17.6 Å². The van der Waals surface area contributed by atoms with E-state index < -0.39 is 16.9 Å². The van der Waals surface area contributed by atoms with Crippen LogP contribution in [0.25, 0.3) is 0 Å². The van der Waals surface area contributed by atoms with Crippen molar-refractivity contribution in [3.05, 3.63) is 63.7 Å². The molecule has 1 N–H and O–H groups in total. The van der Waals surface area contributed by atoms with E-state index in [1.807, 2.05) is 0 Å². The molecule has 8 nitrogen and oxygen atoms in total. The molecule has 0 fully saturated rings. The smallest absolute Gasteiger partial charge is 0.341 e. The second-order valence-electron chi connectivity index (χ2n) is 4.36. The second kappa shape index (κ2) is 6.56. The van der Waals surface area contributed by atoms with E-state index in [1.54, 1.807) is 0 Å². The molecular weight excluding hydrogens is 306 g/mol. The van der Waals surface area contributed by atoms with Crippen molar-refractivity contribution in [2.24, 2.45) is 0 Å². The Balaban J connectivity index is 2.36. The summed E-state index contributed by atoms with van der Waals surface area (Å²) in [4.78, 5) is 32.7. The zero-order valence-electron chi connectivity index (χ0n) is 11.9. The van der Waals surface area contributed by atoms with Crippen LogP contribution in [0.15, 0.2) is 42.5 Å². The van der Waals surface area contributed by atoms with E-state index in [0.717, 1.165) is 13.2 Å². The lowest BCUT2D eigenvalue weighted by molar-refractivity contribution is -0.384. The predicted molar refractivity (Wildman–Crippen MR) is 77.9 cm³/mol. The van der Waals surface area contributed by atoms with Crippen molar-refractivity contribution in [3.8, 4) is 11.5 Å². The molecule has 23 heavy (non-hydrogen) atoms. The molecule has 2 rings (SSSR count). The molecule has 0 bridgehead atoms. The SMILES string of the molecule is COC(=O)c1cc([N+](=O)[O-])ccc1Oc1ccc(C(=O)O)cc1. The highest BCUT2D eigenvalue weighted by Gasteiger charge is 2.19. The largest absolute Gasteiger partial charge is 0.478 e. The van der Waals surface area contributed by atoms with E-state index in [-0.39, 0.29) is 28.3 Å². The molecule has 2 aromatic rings. The monoisotopic (exact) mass is 317 g/mol. The number of methoxy groups -OCH3 is 1. The number of carbonyl (C=O) groups excluding carboxylic acids is 1. The number of carboxylic acid groups (broad SMARTS) is 1. The Morgan fingerprint density at radius 3 is 2.30 bits per heavy atom. The molecule has 0 atom stereocenters. The standard InChI is InChI=1S/C15H11NO7/c1-22-15(19)12-8-10(16(20)21)4-7-13(12)23-11-5-2-9(3-6-11)14(17)18/h2-8H,1H3,(H,17,18). The molecule has 0 aliphatic rings. The summed E-state index contributed by atoms with van der Waals surface area (Å²) in [6.45, 7) is 0. The van der Waals surface area contributed by atoms with Crippen LogP contribution in [0.5, 0.6) is 11.5 Å². The van der Waals surface area contributed by atoms with Gasteiger partial charge in [0.15, 0.2) is 0 Å². The zero-order chi connectivity index (χ0) is 17.0. The van der Waals surface area contributed by atoms with Gasteiger partial charge >= 0.3 is 11.9 Å². The van der Waals surface area contributed by atoms with Gasteiger partial charge in [0.2, 0.25) is 0 Å². The summed E-state index contributed by atoms with van der Waals surface area (Å²) >= 11 is 0. The van der Waals surface area contributed by atoms with Crippen LogP contribution in [0.4, 0.5) is 5.69 Å². The third-order valence-corrected chi connectivity index (χ3v) is 2.91. The lowest BCUT2D eigenvalue weighted by atomic mass is 10.1. The zero-order valence-corrected chi connectivity index (χ0v) is 11.9. The number of benzene rings is 2. The van der Waals surface area contributed by atoms with Gasteiger partial charge in [0, 0.05) is 12.1 Å². The lowest BCUT2D eigenvalue weighted by Gasteiger charge is -2.10. The summed E-state index contributed by atoms with van der Waals surface area (Å²) in [7, 11) is 1.15.